The molecular formula is C10H17NO2. The van der Waals surface area contributed by atoms with Crippen molar-refractivity contribution in [2.75, 3.05) is 19.7 Å². The Balaban J connectivity index is 4.08. The molecule has 0 heterocycles. The van der Waals surface area contributed by atoms with Crippen molar-refractivity contribution < 1.29 is 9.53 Å². The molecule has 74 valence electrons. The maximum atomic E-state index is 11.3. The van der Waals surface area contributed by atoms with Crippen LogP contribution in [0.25, 0.3) is 0 Å². The summed E-state index contributed by atoms with van der Waals surface area (Å²) in [4.78, 5) is 12.8. The highest BCUT2D eigenvalue weighted by molar-refractivity contribution is 5.67. The van der Waals surface area contributed by atoms with Crippen LogP contribution in [0.1, 0.15) is 20.8 Å². The van der Waals surface area contributed by atoms with Crippen molar-refractivity contribution in [1.29, 1.82) is 0 Å². The first-order valence-corrected chi connectivity index (χ1v) is 4.47. The van der Waals surface area contributed by atoms with E-state index in [-0.39, 0.29) is 6.09 Å². The number of carbonyl (C=O) groups excluding carboxylic acids is 1. The van der Waals surface area contributed by atoms with Crippen LogP contribution >= 0.6 is 0 Å². The molecule has 0 fully saturated rings. The van der Waals surface area contributed by atoms with E-state index in [2.05, 4.69) is 5.92 Å². The molecule has 3 heteroatoms. The van der Waals surface area contributed by atoms with Crippen LogP contribution in [0.15, 0.2) is 0 Å². The fraction of sp³-hybridized carbons (Fsp3) is 0.700. The highest BCUT2D eigenvalue weighted by Crippen LogP contribution is 2.00. The summed E-state index contributed by atoms with van der Waals surface area (Å²) in [6.07, 6.45) is 4.81. The van der Waals surface area contributed by atoms with Gasteiger partial charge in [-0.3, -0.25) is 4.90 Å². The SMILES string of the molecule is C#CCN(CC(C)C)C(=O)OCC. The summed E-state index contributed by atoms with van der Waals surface area (Å²) >= 11 is 0. The van der Waals surface area contributed by atoms with Crippen molar-refractivity contribution in [3.63, 3.8) is 0 Å². The average Bonchev–Trinajstić information content (AvgIpc) is 2.03. The Kier molecular flexibility index (Phi) is 5.79. The molecule has 0 bridgehead atoms. The van der Waals surface area contributed by atoms with E-state index >= 15 is 0 Å². The van der Waals surface area contributed by atoms with Gasteiger partial charge in [0.15, 0.2) is 0 Å². The number of hydrogen-bond acceptors (Lipinski definition) is 2. The predicted molar refractivity (Wildman–Crippen MR) is 52.3 cm³/mol. The second-order valence-electron chi connectivity index (χ2n) is 3.18. The number of ether oxygens (including phenoxy) is 1. The molecule has 0 spiro atoms. The van der Waals surface area contributed by atoms with Gasteiger partial charge in [0.25, 0.3) is 0 Å². The van der Waals surface area contributed by atoms with E-state index < -0.39 is 0 Å². The largest absolute Gasteiger partial charge is 0.450 e. The van der Waals surface area contributed by atoms with Crippen molar-refractivity contribution in [2.24, 2.45) is 5.92 Å². The summed E-state index contributed by atoms with van der Waals surface area (Å²) in [5, 5.41) is 0. The van der Waals surface area contributed by atoms with Crippen molar-refractivity contribution >= 4 is 6.09 Å². The van der Waals surface area contributed by atoms with Gasteiger partial charge in [-0.05, 0) is 12.8 Å². The van der Waals surface area contributed by atoms with Crippen molar-refractivity contribution in [3.05, 3.63) is 0 Å². The first kappa shape index (κ1) is 11.8. The summed E-state index contributed by atoms with van der Waals surface area (Å²) < 4.78 is 4.85. The quantitative estimate of drug-likeness (QED) is 0.621. The molecular weight excluding hydrogens is 166 g/mol. The number of rotatable bonds is 4. The molecule has 0 aliphatic carbocycles. The summed E-state index contributed by atoms with van der Waals surface area (Å²) in [5.74, 6) is 2.84. The smallest absolute Gasteiger partial charge is 0.410 e. The van der Waals surface area contributed by atoms with E-state index in [1.54, 1.807) is 6.92 Å². The van der Waals surface area contributed by atoms with Crippen LogP contribution in [0.5, 0.6) is 0 Å². The zero-order chi connectivity index (χ0) is 10.3. The third kappa shape index (κ3) is 5.13. The van der Waals surface area contributed by atoms with E-state index in [4.69, 9.17) is 11.2 Å². The van der Waals surface area contributed by atoms with Gasteiger partial charge < -0.3 is 4.74 Å². The molecule has 0 aromatic rings. The summed E-state index contributed by atoms with van der Waals surface area (Å²) in [6.45, 7) is 7.19. The second-order valence-corrected chi connectivity index (χ2v) is 3.18. The maximum Gasteiger partial charge on any atom is 0.410 e. The molecule has 0 atom stereocenters. The molecule has 0 saturated carbocycles. The zero-order valence-electron chi connectivity index (χ0n) is 8.54. The van der Waals surface area contributed by atoms with Crippen LogP contribution in [0.4, 0.5) is 4.79 Å². The first-order valence-electron chi connectivity index (χ1n) is 4.47. The number of amides is 1. The van der Waals surface area contributed by atoms with Crippen molar-refractivity contribution in [1.82, 2.24) is 4.90 Å². The Labute approximate surface area is 80.1 Å². The van der Waals surface area contributed by atoms with Gasteiger partial charge >= 0.3 is 6.09 Å². The number of hydrogen-bond donors (Lipinski definition) is 0. The molecule has 0 aromatic heterocycles. The van der Waals surface area contributed by atoms with Gasteiger partial charge in [-0.2, -0.15) is 0 Å². The Hall–Kier alpha value is -1.17. The molecule has 0 aliphatic heterocycles. The van der Waals surface area contributed by atoms with E-state index in [0.29, 0.717) is 25.6 Å². The number of carbonyl (C=O) groups is 1. The van der Waals surface area contributed by atoms with Crippen LogP contribution in [-0.2, 0) is 4.74 Å². The molecule has 0 radical (unpaired) electrons. The molecule has 0 rings (SSSR count). The normalized spacial score (nSPS) is 9.46. The summed E-state index contributed by atoms with van der Waals surface area (Å²) in [5.41, 5.74) is 0. The van der Waals surface area contributed by atoms with Crippen LogP contribution in [0.3, 0.4) is 0 Å². The topological polar surface area (TPSA) is 29.5 Å². The van der Waals surface area contributed by atoms with Gasteiger partial charge in [0, 0.05) is 6.54 Å². The lowest BCUT2D eigenvalue weighted by atomic mass is 10.2. The van der Waals surface area contributed by atoms with Crippen molar-refractivity contribution in [2.45, 2.75) is 20.8 Å². The van der Waals surface area contributed by atoms with E-state index in [0.717, 1.165) is 0 Å². The van der Waals surface area contributed by atoms with Gasteiger partial charge in [-0.15, -0.1) is 6.42 Å². The number of nitrogens with zero attached hydrogens (tertiary/aromatic N) is 1. The Morgan fingerprint density at radius 1 is 1.62 bits per heavy atom. The number of terminal acetylenes is 1. The minimum atomic E-state index is -0.325. The monoisotopic (exact) mass is 183 g/mol. The van der Waals surface area contributed by atoms with Crippen LogP contribution in [0, 0.1) is 18.3 Å². The van der Waals surface area contributed by atoms with E-state index in [1.807, 2.05) is 13.8 Å². The average molecular weight is 183 g/mol. The lowest BCUT2D eigenvalue weighted by molar-refractivity contribution is 0.108. The maximum absolute atomic E-state index is 11.3. The third-order valence-corrected chi connectivity index (χ3v) is 1.39. The molecule has 0 unspecified atom stereocenters. The lowest BCUT2D eigenvalue weighted by Crippen LogP contribution is -2.35. The van der Waals surface area contributed by atoms with Gasteiger partial charge in [0.2, 0.25) is 0 Å². The van der Waals surface area contributed by atoms with Crippen LogP contribution in [0.2, 0.25) is 0 Å². The molecule has 0 aliphatic rings. The Morgan fingerprint density at radius 2 is 2.23 bits per heavy atom. The van der Waals surface area contributed by atoms with Crippen LogP contribution < -0.4 is 0 Å². The predicted octanol–water partition coefficient (Wildman–Crippen LogP) is 1.73. The standard InChI is InChI=1S/C10H17NO2/c1-5-7-11(8-9(3)4)10(12)13-6-2/h1,9H,6-8H2,2-4H3. The first-order chi connectivity index (χ1) is 6.11. The minimum absolute atomic E-state index is 0.316. The van der Waals surface area contributed by atoms with E-state index in [9.17, 15) is 4.79 Å². The zero-order valence-corrected chi connectivity index (χ0v) is 8.54. The van der Waals surface area contributed by atoms with Crippen LogP contribution in [-0.4, -0.2) is 30.7 Å². The molecule has 13 heavy (non-hydrogen) atoms. The fourth-order valence-corrected chi connectivity index (χ4v) is 0.969. The molecule has 0 aromatic carbocycles. The Morgan fingerprint density at radius 3 is 2.62 bits per heavy atom. The van der Waals surface area contributed by atoms with Crippen molar-refractivity contribution in [3.8, 4) is 12.3 Å². The highest BCUT2D eigenvalue weighted by atomic mass is 16.6. The van der Waals surface area contributed by atoms with Gasteiger partial charge in [-0.25, -0.2) is 4.79 Å². The fourth-order valence-electron chi connectivity index (χ4n) is 0.969. The summed E-state index contributed by atoms with van der Waals surface area (Å²) in [6, 6.07) is 0. The third-order valence-electron chi connectivity index (χ3n) is 1.39. The highest BCUT2D eigenvalue weighted by Gasteiger charge is 2.13. The molecule has 0 N–H and O–H groups in total. The molecule has 3 nitrogen and oxygen atoms in total. The van der Waals surface area contributed by atoms with Gasteiger partial charge in [0.05, 0.1) is 13.2 Å². The Bertz CT molecular complexity index is 194. The minimum Gasteiger partial charge on any atom is -0.450 e. The second kappa shape index (κ2) is 6.36. The van der Waals surface area contributed by atoms with E-state index in [1.165, 1.54) is 4.90 Å². The van der Waals surface area contributed by atoms with Gasteiger partial charge in [-0.1, -0.05) is 19.8 Å². The van der Waals surface area contributed by atoms with Gasteiger partial charge in [0.1, 0.15) is 0 Å². The molecule has 1 amide bonds. The lowest BCUT2D eigenvalue weighted by Gasteiger charge is -2.21. The molecule has 0 saturated heterocycles. The summed E-state index contributed by atoms with van der Waals surface area (Å²) in [7, 11) is 0.